The van der Waals surface area contributed by atoms with Gasteiger partial charge in [-0.25, -0.2) is 4.98 Å². The minimum atomic E-state index is -0.311. The zero-order valence-corrected chi connectivity index (χ0v) is 11.1. The van der Waals surface area contributed by atoms with E-state index in [-0.39, 0.29) is 17.7 Å². The lowest BCUT2D eigenvalue weighted by Gasteiger charge is -2.22. The van der Waals surface area contributed by atoms with Crippen molar-refractivity contribution >= 4 is 11.6 Å². The van der Waals surface area contributed by atoms with Crippen LogP contribution in [0.25, 0.3) is 0 Å². The van der Waals surface area contributed by atoms with E-state index in [1.807, 2.05) is 6.92 Å². The Morgan fingerprint density at radius 3 is 3.15 bits per heavy atom. The van der Waals surface area contributed by atoms with E-state index in [9.17, 15) is 9.90 Å². The third-order valence-electron chi connectivity index (χ3n) is 3.52. The molecule has 4 N–H and O–H groups in total. The van der Waals surface area contributed by atoms with Crippen molar-refractivity contribution in [2.75, 3.05) is 5.32 Å². The highest BCUT2D eigenvalue weighted by Gasteiger charge is 2.25. The number of anilines is 1. The van der Waals surface area contributed by atoms with Crippen LogP contribution in [0, 0.1) is 6.92 Å². The molecular weight excluding hydrogens is 256 g/mol. The van der Waals surface area contributed by atoms with Crippen LogP contribution < -0.4 is 10.6 Å². The van der Waals surface area contributed by atoms with Crippen LogP contribution in [-0.4, -0.2) is 27.0 Å². The van der Waals surface area contributed by atoms with E-state index >= 15 is 0 Å². The van der Waals surface area contributed by atoms with Gasteiger partial charge < -0.3 is 15.4 Å². The highest BCUT2D eigenvalue weighted by molar-refractivity contribution is 5.95. The Labute approximate surface area is 116 Å². The Balaban J connectivity index is 1.69. The molecule has 2 aromatic rings. The third kappa shape index (κ3) is 2.37. The predicted octanol–water partition coefficient (Wildman–Crippen LogP) is 1.08. The van der Waals surface area contributed by atoms with Crippen molar-refractivity contribution in [2.45, 2.75) is 25.9 Å². The summed E-state index contributed by atoms with van der Waals surface area (Å²) in [5.41, 5.74) is 3.32. The maximum absolute atomic E-state index is 12.2. The highest BCUT2D eigenvalue weighted by atomic mass is 16.3. The topological polar surface area (TPSA) is 90.0 Å². The number of aryl methyl sites for hydroxylation is 1. The molecule has 3 rings (SSSR count). The molecule has 20 heavy (non-hydrogen) atoms. The van der Waals surface area contributed by atoms with Crippen LogP contribution in [0.15, 0.2) is 24.5 Å². The number of nitrogens with one attached hydrogen (secondary N) is 3. The van der Waals surface area contributed by atoms with Gasteiger partial charge in [-0.15, -0.1) is 0 Å². The molecule has 1 aromatic heterocycles. The normalized spacial score (nSPS) is 17.6. The first-order valence-corrected chi connectivity index (χ1v) is 6.48. The molecule has 6 nitrogen and oxygen atoms in total. The van der Waals surface area contributed by atoms with Crippen LogP contribution in [0.1, 0.15) is 17.0 Å². The number of H-pyrrole nitrogens is 1. The maximum atomic E-state index is 12.2. The molecule has 104 valence electrons. The van der Waals surface area contributed by atoms with Gasteiger partial charge in [0.25, 0.3) is 0 Å². The molecule has 6 heteroatoms. The summed E-state index contributed by atoms with van der Waals surface area (Å²) < 4.78 is 0. The molecule has 0 bridgehead atoms. The molecule has 0 spiro atoms. The number of phenols is 1. The molecule has 0 radical (unpaired) electrons. The summed E-state index contributed by atoms with van der Waals surface area (Å²) in [5, 5.41) is 15.6. The first-order valence-electron chi connectivity index (χ1n) is 6.48. The number of nitrogens with zero attached hydrogens (tertiary/aromatic N) is 1. The first kappa shape index (κ1) is 12.7. The van der Waals surface area contributed by atoms with E-state index < -0.39 is 0 Å². The fourth-order valence-corrected chi connectivity index (χ4v) is 2.27. The molecule has 0 saturated heterocycles. The summed E-state index contributed by atoms with van der Waals surface area (Å²) in [5.74, 6) is 0.0518. The van der Waals surface area contributed by atoms with Crippen molar-refractivity contribution in [3.8, 4) is 5.75 Å². The van der Waals surface area contributed by atoms with Crippen molar-refractivity contribution in [3.63, 3.8) is 0 Å². The molecule has 0 fully saturated rings. The molecule has 1 aromatic carbocycles. The summed E-state index contributed by atoms with van der Waals surface area (Å²) in [6.45, 7) is 2.41. The number of aromatic nitrogens is 2. The van der Waals surface area contributed by atoms with E-state index in [0.29, 0.717) is 18.7 Å². The van der Waals surface area contributed by atoms with Gasteiger partial charge in [0, 0.05) is 24.7 Å². The largest absolute Gasteiger partial charge is 0.508 e. The average molecular weight is 272 g/mol. The maximum Gasteiger partial charge on any atom is 0.241 e. The van der Waals surface area contributed by atoms with Gasteiger partial charge in [0.1, 0.15) is 5.75 Å². The number of carbonyl (C=O) groups excluding carboxylic acids is 1. The summed E-state index contributed by atoms with van der Waals surface area (Å²) in [6, 6.07) is 4.78. The Morgan fingerprint density at radius 1 is 1.50 bits per heavy atom. The van der Waals surface area contributed by atoms with Crippen molar-refractivity contribution in [1.82, 2.24) is 15.3 Å². The van der Waals surface area contributed by atoms with Crippen molar-refractivity contribution in [2.24, 2.45) is 0 Å². The Bertz CT molecular complexity index is 650. The van der Waals surface area contributed by atoms with Crippen LogP contribution in [-0.2, 0) is 17.8 Å². The predicted molar refractivity (Wildman–Crippen MR) is 74.4 cm³/mol. The van der Waals surface area contributed by atoms with Crippen molar-refractivity contribution in [1.29, 1.82) is 0 Å². The van der Waals surface area contributed by atoms with Crippen LogP contribution in [0.4, 0.5) is 5.69 Å². The number of imidazole rings is 1. The smallest absolute Gasteiger partial charge is 0.241 e. The van der Waals surface area contributed by atoms with Gasteiger partial charge in [-0.05, 0) is 18.6 Å². The van der Waals surface area contributed by atoms with E-state index in [1.54, 1.807) is 24.5 Å². The lowest BCUT2D eigenvalue weighted by molar-refractivity contribution is -0.118. The zero-order valence-electron chi connectivity index (χ0n) is 11.1. The quantitative estimate of drug-likeness (QED) is 0.658. The number of fused-ring (bicyclic) bond motifs is 1. The SMILES string of the molecule is Cc1ccc(NC(=O)C2Cc3nc[nH]c3CN2)cc1O. The van der Waals surface area contributed by atoms with Crippen LogP contribution >= 0.6 is 0 Å². The number of carbonyl (C=O) groups is 1. The number of amides is 1. The first-order chi connectivity index (χ1) is 9.63. The molecule has 0 saturated carbocycles. The monoisotopic (exact) mass is 272 g/mol. The van der Waals surface area contributed by atoms with E-state index in [2.05, 4.69) is 20.6 Å². The number of hydrogen-bond acceptors (Lipinski definition) is 4. The Hall–Kier alpha value is -2.34. The lowest BCUT2D eigenvalue weighted by atomic mass is 10.0. The lowest BCUT2D eigenvalue weighted by Crippen LogP contribution is -2.44. The van der Waals surface area contributed by atoms with E-state index in [0.717, 1.165) is 17.0 Å². The minimum absolute atomic E-state index is 0.123. The second kappa shape index (κ2) is 4.97. The second-order valence-corrected chi connectivity index (χ2v) is 4.96. The molecule has 0 aliphatic carbocycles. The molecular formula is C14H16N4O2. The molecule has 1 unspecified atom stereocenters. The minimum Gasteiger partial charge on any atom is -0.508 e. The fraction of sp³-hybridized carbons (Fsp3) is 0.286. The van der Waals surface area contributed by atoms with Gasteiger partial charge in [-0.3, -0.25) is 10.1 Å². The zero-order chi connectivity index (χ0) is 14.1. The summed E-state index contributed by atoms with van der Waals surface area (Å²) in [6.07, 6.45) is 2.20. The molecule has 1 aliphatic rings. The number of aromatic hydroxyl groups is 1. The molecule has 1 atom stereocenters. The van der Waals surface area contributed by atoms with E-state index in [1.165, 1.54) is 0 Å². The summed E-state index contributed by atoms with van der Waals surface area (Å²) >= 11 is 0. The number of hydrogen-bond donors (Lipinski definition) is 4. The van der Waals surface area contributed by atoms with Crippen LogP contribution in [0.3, 0.4) is 0 Å². The van der Waals surface area contributed by atoms with Gasteiger partial charge in [0.15, 0.2) is 0 Å². The van der Waals surface area contributed by atoms with Gasteiger partial charge in [0.2, 0.25) is 5.91 Å². The molecule has 1 aliphatic heterocycles. The van der Waals surface area contributed by atoms with Gasteiger partial charge >= 0.3 is 0 Å². The Kier molecular flexibility index (Phi) is 3.15. The molecule has 1 amide bonds. The molecule has 2 heterocycles. The summed E-state index contributed by atoms with van der Waals surface area (Å²) in [4.78, 5) is 19.5. The van der Waals surface area contributed by atoms with Gasteiger partial charge in [-0.2, -0.15) is 0 Å². The van der Waals surface area contributed by atoms with Crippen LogP contribution in [0.2, 0.25) is 0 Å². The Morgan fingerprint density at radius 2 is 2.35 bits per heavy atom. The standard InChI is InChI=1S/C14H16N4O2/c1-8-2-3-9(4-13(8)19)18-14(20)11-5-10-12(6-15-11)17-7-16-10/h2-4,7,11,15,19H,5-6H2,1H3,(H,16,17)(H,18,20). The fourth-order valence-electron chi connectivity index (χ4n) is 2.27. The highest BCUT2D eigenvalue weighted by Crippen LogP contribution is 2.21. The van der Waals surface area contributed by atoms with Crippen LogP contribution in [0.5, 0.6) is 5.75 Å². The van der Waals surface area contributed by atoms with Gasteiger partial charge in [-0.1, -0.05) is 6.07 Å². The average Bonchev–Trinajstić information content (AvgIpc) is 2.90. The number of phenolic OH excluding ortho intramolecular Hbond substituents is 1. The van der Waals surface area contributed by atoms with Crippen molar-refractivity contribution in [3.05, 3.63) is 41.5 Å². The summed E-state index contributed by atoms with van der Waals surface area (Å²) in [7, 11) is 0. The number of aromatic amines is 1. The second-order valence-electron chi connectivity index (χ2n) is 4.96. The van der Waals surface area contributed by atoms with E-state index in [4.69, 9.17) is 0 Å². The number of benzene rings is 1. The van der Waals surface area contributed by atoms with Crippen molar-refractivity contribution < 1.29 is 9.90 Å². The van der Waals surface area contributed by atoms with Gasteiger partial charge in [0.05, 0.1) is 23.8 Å². The number of rotatable bonds is 2. The third-order valence-corrected chi connectivity index (χ3v) is 3.52.